The van der Waals surface area contributed by atoms with Crippen molar-refractivity contribution in [2.24, 2.45) is 5.92 Å². The molecular weight excluding hydrogens is 364 g/mol. The first kappa shape index (κ1) is 19.0. The second-order valence-corrected chi connectivity index (χ2v) is 7.69. The molecule has 2 aromatic heterocycles. The maximum absolute atomic E-state index is 12.8. The minimum absolute atomic E-state index is 0.103. The van der Waals surface area contributed by atoms with Crippen LogP contribution in [0.5, 0.6) is 0 Å². The number of Topliss-reactive ketones (excluding diaryl/α,β-unsaturated/α-hetero) is 1. The van der Waals surface area contributed by atoms with Crippen molar-refractivity contribution >= 4 is 33.3 Å². The lowest BCUT2D eigenvalue weighted by atomic mass is 10.1. The molecular formula is C20H20N2O4S. The predicted octanol–water partition coefficient (Wildman–Crippen LogP) is 3.46. The van der Waals surface area contributed by atoms with Crippen LogP contribution in [0.25, 0.3) is 10.2 Å². The van der Waals surface area contributed by atoms with Crippen molar-refractivity contribution in [1.29, 1.82) is 0 Å². The van der Waals surface area contributed by atoms with E-state index in [1.54, 1.807) is 31.2 Å². The highest BCUT2D eigenvalue weighted by molar-refractivity contribution is 7.20. The molecule has 0 aliphatic heterocycles. The first-order valence-electron chi connectivity index (χ1n) is 8.62. The van der Waals surface area contributed by atoms with E-state index < -0.39 is 5.97 Å². The molecule has 2 heterocycles. The fraction of sp³-hybridized carbons (Fsp3) is 0.300. The number of nitrogens with zero attached hydrogens (tertiary/aromatic N) is 2. The smallest absolute Gasteiger partial charge is 0.348 e. The van der Waals surface area contributed by atoms with Gasteiger partial charge in [0.1, 0.15) is 9.71 Å². The molecule has 0 saturated carbocycles. The van der Waals surface area contributed by atoms with Gasteiger partial charge in [-0.1, -0.05) is 44.2 Å². The van der Waals surface area contributed by atoms with Gasteiger partial charge < -0.3 is 4.74 Å². The zero-order valence-corrected chi connectivity index (χ0v) is 16.2. The van der Waals surface area contributed by atoms with Gasteiger partial charge in [0.2, 0.25) is 0 Å². The van der Waals surface area contributed by atoms with E-state index in [4.69, 9.17) is 4.74 Å². The molecule has 27 heavy (non-hydrogen) atoms. The number of ether oxygens (including phenoxy) is 1. The molecule has 0 unspecified atom stereocenters. The van der Waals surface area contributed by atoms with Crippen LogP contribution in [0.15, 0.2) is 41.5 Å². The van der Waals surface area contributed by atoms with Crippen LogP contribution >= 0.6 is 11.3 Å². The van der Waals surface area contributed by atoms with Crippen LogP contribution in [0, 0.1) is 12.8 Å². The summed E-state index contributed by atoms with van der Waals surface area (Å²) in [5.74, 6) is -0.401. The Labute approximate surface area is 160 Å². The highest BCUT2D eigenvalue weighted by Gasteiger charge is 2.21. The Balaban J connectivity index is 1.93. The molecule has 0 bridgehead atoms. The van der Waals surface area contributed by atoms with Crippen LogP contribution in [0.2, 0.25) is 0 Å². The molecule has 0 atom stereocenters. The number of rotatable bonds is 6. The summed E-state index contributed by atoms with van der Waals surface area (Å²) in [4.78, 5) is 42.6. The molecule has 3 rings (SSSR count). The number of carbonyl (C=O) groups is 2. The lowest BCUT2D eigenvalue weighted by Crippen LogP contribution is -2.24. The number of aryl methyl sites for hydroxylation is 1. The minimum Gasteiger partial charge on any atom is -0.461 e. The van der Waals surface area contributed by atoms with Crippen LogP contribution in [0.1, 0.15) is 39.4 Å². The van der Waals surface area contributed by atoms with Crippen molar-refractivity contribution in [1.82, 2.24) is 9.55 Å². The Morgan fingerprint density at radius 1 is 1.22 bits per heavy atom. The maximum atomic E-state index is 12.8. The molecule has 0 aliphatic carbocycles. The largest absolute Gasteiger partial charge is 0.461 e. The van der Waals surface area contributed by atoms with E-state index >= 15 is 0 Å². The average Bonchev–Trinajstić information content (AvgIpc) is 3.00. The number of aromatic nitrogens is 2. The molecule has 0 N–H and O–H groups in total. The van der Waals surface area contributed by atoms with Gasteiger partial charge in [-0.05, 0) is 18.4 Å². The molecule has 0 aliphatic rings. The maximum Gasteiger partial charge on any atom is 0.348 e. The van der Waals surface area contributed by atoms with Gasteiger partial charge in [-0.3, -0.25) is 14.2 Å². The lowest BCUT2D eigenvalue weighted by Gasteiger charge is -2.06. The standard InChI is InChI=1S/C20H20N2O4S/c1-12(2)10-26-20(25)17-13(3)16-18(27-17)21-11-22(19(16)24)9-15(23)14-7-5-4-6-8-14/h4-8,11-12H,9-10H2,1-3H3. The van der Waals surface area contributed by atoms with E-state index in [0.29, 0.717) is 32.8 Å². The van der Waals surface area contributed by atoms with Crippen molar-refractivity contribution in [3.8, 4) is 0 Å². The van der Waals surface area contributed by atoms with Crippen LogP contribution in [0.4, 0.5) is 0 Å². The summed E-state index contributed by atoms with van der Waals surface area (Å²) in [5.41, 5.74) is 0.744. The molecule has 140 valence electrons. The number of esters is 1. The van der Waals surface area contributed by atoms with E-state index in [2.05, 4.69) is 4.98 Å². The van der Waals surface area contributed by atoms with Crippen LogP contribution in [-0.4, -0.2) is 27.9 Å². The van der Waals surface area contributed by atoms with Crippen molar-refractivity contribution in [2.75, 3.05) is 6.61 Å². The Hall–Kier alpha value is -2.80. The summed E-state index contributed by atoms with van der Waals surface area (Å²) in [6.45, 7) is 5.82. The Bertz CT molecular complexity index is 1050. The van der Waals surface area contributed by atoms with Crippen LogP contribution < -0.4 is 5.56 Å². The lowest BCUT2D eigenvalue weighted by molar-refractivity contribution is 0.0464. The van der Waals surface area contributed by atoms with E-state index in [1.807, 2.05) is 19.9 Å². The van der Waals surface area contributed by atoms with E-state index in [1.165, 1.54) is 10.9 Å². The summed E-state index contributed by atoms with van der Waals surface area (Å²) in [5, 5.41) is 0.361. The molecule has 7 heteroatoms. The van der Waals surface area contributed by atoms with Crippen molar-refractivity contribution in [3.05, 3.63) is 63.0 Å². The van der Waals surface area contributed by atoms with Gasteiger partial charge >= 0.3 is 5.97 Å². The van der Waals surface area contributed by atoms with Gasteiger partial charge in [-0.2, -0.15) is 0 Å². The number of hydrogen-bond donors (Lipinski definition) is 0. The minimum atomic E-state index is -0.449. The third-order valence-corrected chi connectivity index (χ3v) is 5.24. The first-order chi connectivity index (χ1) is 12.9. The SMILES string of the molecule is Cc1c(C(=O)OCC(C)C)sc2ncn(CC(=O)c3ccccc3)c(=O)c12. The summed E-state index contributed by atoms with van der Waals surface area (Å²) < 4.78 is 6.55. The summed E-state index contributed by atoms with van der Waals surface area (Å²) in [7, 11) is 0. The normalized spacial score (nSPS) is 11.1. The number of thiophene rings is 1. The Kier molecular flexibility index (Phi) is 5.51. The Morgan fingerprint density at radius 3 is 2.59 bits per heavy atom. The molecule has 0 saturated heterocycles. The van der Waals surface area contributed by atoms with Crippen molar-refractivity contribution < 1.29 is 14.3 Å². The first-order valence-corrected chi connectivity index (χ1v) is 9.44. The van der Waals surface area contributed by atoms with Crippen molar-refractivity contribution in [3.63, 3.8) is 0 Å². The van der Waals surface area contributed by atoms with Crippen LogP contribution in [0.3, 0.4) is 0 Å². The second-order valence-electron chi connectivity index (χ2n) is 6.70. The third-order valence-electron chi connectivity index (χ3n) is 4.06. The number of hydrogen-bond acceptors (Lipinski definition) is 6. The number of benzene rings is 1. The molecule has 3 aromatic rings. The molecule has 0 spiro atoms. The third kappa shape index (κ3) is 3.98. The predicted molar refractivity (Wildman–Crippen MR) is 105 cm³/mol. The molecule has 1 aromatic carbocycles. The number of fused-ring (bicyclic) bond motifs is 1. The number of carbonyl (C=O) groups excluding carboxylic acids is 2. The topological polar surface area (TPSA) is 78.3 Å². The van der Waals surface area contributed by atoms with Gasteiger partial charge in [-0.25, -0.2) is 9.78 Å². The highest BCUT2D eigenvalue weighted by Crippen LogP contribution is 2.27. The summed E-state index contributed by atoms with van der Waals surface area (Å²) in [6.07, 6.45) is 1.35. The summed E-state index contributed by atoms with van der Waals surface area (Å²) in [6, 6.07) is 8.78. The molecule has 0 radical (unpaired) electrons. The molecule has 6 nitrogen and oxygen atoms in total. The van der Waals surface area contributed by atoms with Crippen molar-refractivity contribution in [2.45, 2.75) is 27.3 Å². The second kappa shape index (κ2) is 7.84. The number of ketones is 1. The zero-order chi connectivity index (χ0) is 19.6. The quantitative estimate of drug-likeness (QED) is 0.480. The van der Waals surface area contributed by atoms with E-state index in [-0.39, 0.29) is 23.8 Å². The summed E-state index contributed by atoms with van der Waals surface area (Å²) >= 11 is 1.14. The fourth-order valence-corrected chi connectivity index (χ4v) is 3.68. The van der Waals surface area contributed by atoms with Crippen LogP contribution in [-0.2, 0) is 11.3 Å². The highest BCUT2D eigenvalue weighted by atomic mass is 32.1. The van der Waals surface area contributed by atoms with Gasteiger partial charge in [-0.15, -0.1) is 11.3 Å². The average molecular weight is 384 g/mol. The van der Waals surface area contributed by atoms with Gasteiger partial charge in [0.25, 0.3) is 5.56 Å². The molecule has 0 fully saturated rings. The zero-order valence-electron chi connectivity index (χ0n) is 15.4. The molecule has 0 amide bonds. The van der Waals surface area contributed by atoms with Gasteiger partial charge in [0.15, 0.2) is 5.78 Å². The van der Waals surface area contributed by atoms with Gasteiger partial charge in [0.05, 0.1) is 24.9 Å². The van der Waals surface area contributed by atoms with Gasteiger partial charge in [0, 0.05) is 5.56 Å². The van der Waals surface area contributed by atoms with E-state index in [9.17, 15) is 14.4 Å². The van der Waals surface area contributed by atoms with E-state index in [0.717, 1.165) is 11.3 Å². The fourth-order valence-electron chi connectivity index (χ4n) is 2.64. The monoisotopic (exact) mass is 384 g/mol. The Morgan fingerprint density at radius 2 is 1.93 bits per heavy atom.